The zero-order chi connectivity index (χ0) is 19.6. The van der Waals surface area contributed by atoms with Crippen LogP contribution in [0.2, 0.25) is 0 Å². The predicted octanol–water partition coefficient (Wildman–Crippen LogP) is 1.84. The molecule has 3 rings (SSSR count). The second kappa shape index (κ2) is 8.32. The summed E-state index contributed by atoms with van der Waals surface area (Å²) >= 11 is 0. The van der Waals surface area contributed by atoms with Gasteiger partial charge in [0.05, 0.1) is 19.0 Å². The zero-order valence-electron chi connectivity index (χ0n) is 15.3. The van der Waals surface area contributed by atoms with Crippen molar-refractivity contribution in [3.63, 3.8) is 0 Å². The first-order valence-electron chi connectivity index (χ1n) is 9.12. The van der Waals surface area contributed by atoms with Crippen LogP contribution in [0.1, 0.15) is 19.8 Å². The van der Waals surface area contributed by atoms with Crippen LogP contribution >= 0.6 is 0 Å². The molecule has 10 heteroatoms. The normalized spacial score (nSPS) is 20.2. The molecular formula is C17H24F3N3O3S. The molecule has 3 heterocycles. The molecule has 2 aliphatic heterocycles. The maximum absolute atomic E-state index is 14.9. The third-order valence-electron chi connectivity index (χ3n) is 5.15. The van der Waals surface area contributed by atoms with Gasteiger partial charge in [0.2, 0.25) is 0 Å². The second-order valence-corrected chi connectivity index (χ2v) is 9.17. The van der Waals surface area contributed by atoms with E-state index in [2.05, 4.69) is 4.98 Å². The quantitative estimate of drug-likeness (QED) is 0.695. The Bertz CT molecular complexity index is 777. The molecule has 0 aromatic carbocycles. The summed E-state index contributed by atoms with van der Waals surface area (Å²) in [4.78, 5) is 5.47. The third kappa shape index (κ3) is 4.55. The van der Waals surface area contributed by atoms with E-state index in [0.29, 0.717) is 45.3 Å². The molecular weight excluding hydrogens is 383 g/mol. The minimum Gasteiger partial charge on any atom is -0.379 e. The van der Waals surface area contributed by atoms with Crippen molar-refractivity contribution in [1.82, 2.24) is 9.88 Å². The molecule has 1 aromatic heterocycles. The summed E-state index contributed by atoms with van der Waals surface area (Å²) in [5.74, 6) is -5.12. The van der Waals surface area contributed by atoms with E-state index >= 15 is 0 Å². The lowest BCUT2D eigenvalue weighted by molar-refractivity contribution is 0.0408. The van der Waals surface area contributed by atoms with Crippen LogP contribution < -0.4 is 4.90 Å². The summed E-state index contributed by atoms with van der Waals surface area (Å²) in [6.45, 7) is 5.03. The first-order valence-corrected chi connectivity index (χ1v) is 10.8. The molecule has 2 fully saturated rings. The van der Waals surface area contributed by atoms with E-state index in [-0.39, 0.29) is 6.54 Å². The van der Waals surface area contributed by atoms with Gasteiger partial charge in [-0.3, -0.25) is 4.90 Å². The zero-order valence-corrected chi connectivity index (χ0v) is 16.1. The summed E-state index contributed by atoms with van der Waals surface area (Å²) in [5.41, 5.74) is 0. The lowest BCUT2D eigenvalue weighted by Gasteiger charge is -2.31. The predicted molar refractivity (Wildman–Crippen MR) is 94.0 cm³/mol. The summed E-state index contributed by atoms with van der Waals surface area (Å²) in [6.07, 6.45) is 1.50. The van der Waals surface area contributed by atoms with Crippen LogP contribution in [-0.2, 0) is 14.6 Å². The van der Waals surface area contributed by atoms with Crippen LogP contribution in [0.15, 0.2) is 4.90 Å². The van der Waals surface area contributed by atoms with E-state index in [0.717, 1.165) is 12.8 Å². The lowest BCUT2D eigenvalue weighted by atomic mass is 9.99. The Labute approximate surface area is 157 Å². The maximum Gasteiger partial charge on any atom is 0.252 e. The van der Waals surface area contributed by atoms with E-state index in [4.69, 9.17) is 4.74 Å². The fourth-order valence-electron chi connectivity index (χ4n) is 3.36. The highest BCUT2D eigenvalue weighted by Gasteiger charge is 2.33. The molecule has 2 aliphatic rings. The van der Waals surface area contributed by atoms with Gasteiger partial charge in [0.1, 0.15) is 4.90 Å². The molecule has 27 heavy (non-hydrogen) atoms. The average Bonchev–Trinajstić information content (AvgIpc) is 2.65. The summed E-state index contributed by atoms with van der Waals surface area (Å²) in [5, 5.41) is 0. The highest BCUT2D eigenvalue weighted by molar-refractivity contribution is 7.91. The van der Waals surface area contributed by atoms with Crippen LogP contribution in [0, 0.1) is 23.5 Å². The number of nitrogens with zero attached hydrogens (tertiary/aromatic N) is 3. The van der Waals surface area contributed by atoms with Crippen LogP contribution in [-0.4, -0.2) is 70.0 Å². The fourth-order valence-corrected chi connectivity index (χ4v) is 4.79. The topological polar surface area (TPSA) is 62.7 Å². The van der Waals surface area contributed by atoms with Crippen molar-refractivity contribution in [3.8, 4) is 0 Å². The third-order valence-corrected chi connectivity index (χ3v) is 6.85. The Hall–Kier alpha value is -1.39. The number of piperidine rings is 1. The molecule has 6 nitrogen and oxygen atoms in total. The Morgan fingerprint density at radius 1 is 1.07 bits per heavy atom. The average molecular weight is 407 g/mol. The molecule has 0 atom stereocenters. The Balaban J connectivity index is 1.86. The van der Waals surface area contributed by atoms with Gasteiger partial charge in [0.25, 0.3) is 5.95 Å². The highest BCUT2D eigenvalue weighted by Crippen LogP contribution is 2.30. The van der Waals surface area contributed by atoms with Gasteiger partial charge in [0, 0.05) is 32.7 Å². The number of sulfone groups is 1. The molecule has 152 valence electrons. The lowest BCUT2D eigenvalue weighted by Crippen LogP contribution is -2.39. The molecule has 0 amide bonds. The van der Waals surface area contributed by atoms with E-state index in [1.54, 1.807) is 0 Å². The first kappa shape index (κ1) is 20.3. The number of ether oxygens (including phenoxy) is 1. The molecule has 2 saturated heterocycles. The molecule has 0 N–H and O–H groups in total. The fraction of sp³-hybridized carbons (Fsp3) is 0.706. The number of pyridine rings is 1. The summed E-state index contributed by atoms with van der Waals surface area (Å²) in [6, 6.07) is 0. The second-order valence-electron chi connectivity index (χ2n) is 7.13. The molecule has 0 bridgehead atoms. The standard InChI is InChI=1S/C17H24F3N3O3S/c1-12-2-4-23(5-3-12)17-14(19)15(13(18)16(20)21-17)27(24,25)11-8-22-6-9-26-10-7-22/h12H,2-11H2,1H3. The molecule has 0 aliphatic carbocycles. The van der Waals surface area contributed by atoms with Gasteiger partial charge >= 0.3 is 0 Å². The molecule has 1 aromatic rings. The van der Waals surface area contributed by atoms with Crippen molar-refractivity contribution in [1.29, 1.82) is 0 Å². The van der Waals surface area contributed by atoms with Gasteiger partial charge in [-0.05, 0) is 18.8 Å². The van der Waals surface area contributed by atoms with E-state index < -0.39 is 43.9 Å². The first-order chi connectivity index (χ1) is 12.8. The van der Waals surface area contributed by atoms with Gasteiger partial charge in [-0.1, -0.05) is 6.92 Å². The number of morpholine rings is 1. The van der Waals surface area contributed by atoms with E-state index in [1.807, 2.05) is 11.8 Å². The molecule has 0 unspecified atom stereocenters. The number of hydrogen-bond donors (Lipinski definition) is 0. The number of hydrogen-bond acceptors (Lipinski definition) is 6. The Morgan fingerprint density at radius 2 is 1.70 bits per heavy atom. The number of anilines is 1. The minimum atomic E-state index is -4.35. The van der Waals surface area contributed by atoms with Gasteiger partial charge in [-0.15, -0.1) is 0 Å². The van der Waals surface area contributed by atoms with Crippen LogP contribution in [0.25, 0.3) is 0 Å². The van der Waals surface area contributed by atoms with Gasteiger partial charge in [-0.25, -0.2) is 17.2 Å². The van der Waals surface area contributed by atoms with E-state index in [9.17, 15) is 21.6 Å². The summed E-state index contributed by atoms with van der Waals surface area (Å²) < 4.78 is 73.6. The molecule has 0 spiro atoms. The maximum atomic E-state index is 14.9. The van der Waals surface area contributed by atoms with Gasteiger partial charge < -0.3 is 9.64 Å². The monoisotopic (exact) mass is 407 g/mol. The number of aromatic nitrogens is 1. The van der Waals surface area contributed by atoms with Gasteiger partial charge in [-0.2, -0.15) is 9.37 Å². The van der Waals surface area contributed by atoms with Crippen molar-refractivity contribution < 1.29 is 26.3 Å². The van der Waals surface area contributed by atoms with Crippen molar-refractivity contribution in [2.45, 2.75) is 24.7 Å². The Kier molecular flexibility index (Phi) is 6.27. The SMILES string of the molecule is CC1CCN(c2nc(F)c(F)c(S(=O)(=O)CCN3CCOCC3)c2F)CC1. The van der Waals surface area contributed by atoms with Crippen molar-refractivity contribution in [2.75, 3.05) is 56.6 Å². The smallest absolute Gasteiger partial charge is 0.252 e. The number of halogens is 3. The van der Waals surface area contributed by atoms with Crippen molar-refractivity contribution >= 4 is 15.7 Å². The van der Waals surface area contributed by atoms with Gasteiger partial charge in [0.15, 0.2) is 27.3 Å². The van der Waals surface area contributed by atoms with E-state index in [1.165, 1.54) is 4.90 Å². The van der Waals surface area contributed by atoms with Crippen LogP contribution in [0.5, 0.6) is 0 Å². The molecule has 0 radical (unpaired) electrons. The highest BCUT2D eigenvalue weighted by atomic mass is 32.2. The molecule has 0 saturated carbocycles. The van der Waals surface area contributed by atoms with Crippen LogP contribution in [0.4, 0.5) is 19.0 Å². The van der Waals surface area contributed by atoms with Crippen molar-refractivity contribution in [2.24, 2.45) is 5.92 Å². The number of rotatable bonds is 5. The largest absolute Gasteiger partial charge is 0.379 e. The Morgan fingerprint density at radius 3 is 2.33 bits per heavy atom. The minimum absolute atomic E-state index is 0.102. The van der Waals surface area contributed by atoms with Crippen molar-refractivity contribution in [3.05, 3.63) is 17.6 Å². The van der Waals surface area contributed by atoms with Crippen LogP contribution in [0.3, 0.4) is 0 Å². The summed E-state index contributed by atoms with van der Waals surface area (Å²) in [7, 11) is -4.35.